The molecule has 0 radical (unpaired) electrons. The number of anilines is 1. The van der Waals surface area contributed by atoms with Crippen LogP contribution in [-0.2, 0) is 14.3 Å². The van der Waals surface area contributed by atoms with Crippen LogP contribution in [0.4, 0.5) is 5.69 Å². The van der Waals surface area contributed by atoms with Gasteiger partial charge in [-0.25, -0.2) is 0 Å². The van der Waals surface area contributed by atoms with Crippen LogP contribution in [0.15, 0.2) is 24.3 Å². The molecule has 5 nitrogen and oxygen atoms in total. The normalized spacial score (nSPS) is 25.3. The van der Waals surface area contributed by atoms with Crippen molar-refractivity contribution in [2.45, 2.75) is 51.4 Å². The topological polar surface area (TPSA) is 70.8 Å². The maximum Gasteiger partial charge on any atom is 0.309 e. The Kier molecular flexibility index (Phi) is 5.44. The van der Waals surface area contributed by atoms with Crippen LogP contribution in [0.1, 0.15) is 33.1 Å². The average Bonchev–Trinajstić information content (AvgIpc) is 2.39. The molecule has 1 aliphatic heterocycles. The molecular weight excluding hydrogens is 270 g/mol. The zero-order chi connectivity index (χ0) is 15.2. The third-order valence-corrected chi connectivity index (χ3v) is 3.44. The SMILES string of the molecule is CC1CC(OC(=O)CCOc2ccccc2N)CC(C)O1. The molecule has 0 bridgehead atoms. The predicted octanol–water partition coefficient (Wildman–Crippen LogP) is 2.54. The van der Waals surface area contributed by atoms with Crippen molar-refractivity contribution < 1.29 is 19.0 Å². The molecule has 5 heteroatoms. The van der Waals surface area contributed by atoms with Gasteiger partial charge in [-0.15, -0.1) is 0 Å². The van der Waals surface area contributed by atoms with Crippen molar-refractivity contribution >= 4 is 11.7 Å². The molecule has 0 saturated carbocycles. The van der Waals surface area contributed by atoms with Gasteiger partial charge in [0, 0.05) is 12.8 Å². The van der Waals surface area contributed by atoms with Crippen LogP contribution in [0, 0.1) is 0 Å². The second-order valence-electron chi connectivity index (χ2n) is 5.48. The fourth-order valence-corrected chi connectivity index (χ4v) is 2.54. The standard InChI is InChI=1S/C16H23NO4/c1-11-9-13(10-12(2)20-11)21-16(18)7-8-19-15-6-4-3-5-14(15)17/h3-6,11-13H,7-10,17H2,1-2H3. The van der Waals surface area contributed by atoms with E-state index in [1.54, 1.807) is 12.1 Å². The minimum Gasteiger partial charge on any atom is -0.491 e. The average molecular weight is 293 g/mol. The van der Waals surface area contributed by atoms with Gasteiger partial charge in [0.15, 0.2) is 0 Å². The van der Waals surface area contributed by atoms with Crippen LogP contribution >= 0.6 is 0 Å². The number of hydrogen-bond donors (Lipinski definition) is 1. The molecule has 2 atom stereocenters. The lowest BCUT2D eigenvalue weighted by molar-refractivity contribution is -0.160. The van der Waals surface area contributed by atoms with Crippen molar-refractivity contribution in [2.24, 2.45) is 0 Å². The van der Waals surface area contributed by atoms with Crippen molar-refractivity contribution in [1.82, 2.24) is 0 Å². The Bertz CT molecular complexity index is 467. The molecule has 1 aliphatic rings. The molecule has 21 heavy (non-hydrogen) atoms. The van der Waals surface area contributed by atoms with Crippen LogP contribution in [0.3, 0.4) is 0 Å². The van der Waals surface area contributed by atoms with E-state index in [1.165, 1.54) is 0 Å². The fourth-order valence-electron chi connectivity index (χ4n) is 2.54. The van der Waals surface area contributed by atoms with E-state index in [2.05, 4.69) is 0 Å². The lowest BCUT2D eigenvalue weighted by Gasteiger charge is -2.31. The first kappa shape index (κ1) is 15.6. The summed E-state index contributed by atoms with van der Waals surface area (Å²) in [7, 11) is 0. The summed E-state index contributed by atoms with van der Waals surface area (Å²) in [5.74, 6) is 0.356. The van der Waals surface area contributed by atoms with Gasteiger partial charge in [-0.05, 0) is 26.0 Å². The molecule has 0 aromatic heterocycles. The van der Waals surface area contributed by atoms with Gasteiger partial charge in [-0.3, -0.25) is 4.79 Å². The summed E-state index contributed by atoms with van der Waals surface area (Å²) in [5, 5.41) is 0. The summed E-state index contributed by atoms with van der Waals surface area (Å²) in [4.78, 5) is 11.8. The Morgan fingerprint density at radius 3 is 2.62 bits per heavy atom. The molecule has 1 fully saturated rings. The Hall–Kier alpha value is -1.75. The van der Waals surface area contributed by atoms with Crippen LogP contribution in [0.5, 0.6) is 5.75 Å². The molecule has 2 N–H and O–H groups in total. The number of para-hydroxylation sites is 2. The van der Waals surface area contributed by atoms with Crippen molar-refractivity contribution in [1.29, 1.82) is 0 Å². The zero-order valence-electron chi connectivity index (χ0n) is 12.6. The first-order valence-corrected chi connectivity index (χ1v) is 7.37. The highest BCUT2D eigenvalue weighted by Gasteiger charge is 2.27. The van der Waals surface area contributed by atoms with Crippen LogP contribution < -0.4 is 10.5 Å². The molecule has 2 unspecified atom stereocenters. The predicted molar refractivity (Wildman–Crippen MR) is 80.1 cm³/mol. The molecule has 0 spiro atoms. The molecule has 2 rings (SSSR count). The summed E-state index contributed by atoms with van der Waals surface area (Å²) < 4.78 is 16.6. The van der Waals surface area contributed by atoms with E-state index in [0.29, 0.717) is 11.4 Å². The summed E-state index contributed by atoms with van der Waals surface area (Å²) in [5.41, 5.74) is 6.33. The largest absolute Gasteiger partial charge is 0.491 e. The number of nitrogen functional groups attached to an aromatic ring is 1. The minimum absolute atomic E-state index is 0.0574. The second-order valence-corrected chi connectivity index (χ2v) is 5.48. The Morgan fingerprint density at radius 1 is 1.29 bits per heavy atom. The molecule has 0 amide bonds. The number of nitrogens with two attached hydrogens (primary N) is 1. The third-order valence-electron chi connectivity index (χ3n) is 3.44. The Morgan fingerprint density at radius 2 is 1.95 bits per heavy atom. The molecule has 116 valence electrons. The summed E-state index contributed by atoms with van der Waals surface area (Å²) in [6.07, 6.45) is 1.93. The van der Waals surface area contributed by atoms with Gasteiger partial charge in [0.25, 0.3) is 0 Å². The number of carbonyl (C=O) groups is 1. The van der Waals surface area contributed by atoms with Gasteiger partial charge in [-0.1, -0.05) is 12.1 Å². The van der Waals surface area contributed by atoms with Crippen molar-refractivity contribution in [3.63, 3.8) is 0 Å². The van der Waals surface area contributed by atoms with E-state index < -0.39 is 0 Å². The quantitative estimate of drug-likeness (QED) is 0.667. The number of hydrogen-bond acceptors (Lipinski definition) is 5. The van der Waals surface area contributed by atoms with E-state index in [-0.39, 0.29) is 37.3 Å². The van der Waals surface area contributed by atoms with Gasteiger partial charge < -0.3 is 19.9 Å². The van der Waals surface area contributed by atoms with Crippen LogP contribution in [0.2, 0.25) is 0 Å². The Labute approximate surface area is 125 Å². The summed E-state index contributed by atoms with van der Waals surface area (Å²) >= 11 is 0. The van der Waals surface area contributed by atoms with E-state index in [0.717, 1.165) is 12.8 Å². The monoisotopic (exact) mass is 293 g/mol. The number of benzene rings is 1. The Balaban J connectivity index is 1.71. The number of rotatable bonds is 5. The smallest absolute Gasteiger partial charge is 0.309 e. The van der Waals surface area contributed by atoms with Gasteiger partial charge >= 0.3 is 5.97 Å². The van der Waals surface area contributed by atoms with E-state index in [9.17, 15) is 4.79 Å². The molecule has 1 aromatic rings. The highest BCUT2D eigenvalue weighted by atomic mass is 16.6. The molecule has 0 aliphatic carbocycles. The second kappa shape index (κ2) is 7.31. The molecule has 1 saturated heterocycles. The van der Waals surface area contributed by atoms with Crippen molar-refractivity contribution in [3.05, 3.63) is 24.3 Å². The highest BCUT2D eigenvalue weighted by molar-refractivity contribution is 5.69. The first-order valence-electron chi connectivity index (χ1n) is 7.37. The highest BCUT2D eigenvalue weighted by Crippen LogP contribution is 2.22. The van der Waals surface area contributed by atoms with Gasteiger partial charge in [0.1, 0.15) is 11.9 Å². The fraction of sp³-hybridized carbons (Fsp3) is 0.562. The summed E-state index contributed by atoms with van der Waals surface area (Å²) in [6, 6.07) is 7.22. The number of carbonyl (C=O) groups excluding carboxylic acids is 1. The van der Waals surface area contributed by atoms with Crippen molar-refractivity contribution in [2.75, 3.05) is 12.3 Å². The van der Waals surface area contributed by atoms with Crippen LogP contribution in [0.25, 0.3) is 0 Å². The van der Waals surface area contributed by atoms with Crippen molar-refractivity contribution in [3.8, 4) is 5.75 Å². The third kappa shape index (κ3) is 4.93. The van der Waals surface area contributed by atoms with E-state index >= 15 is 0 Å². The lowest BCUT2D eigenvalue weighted by atomic mass is 10.0. The van der Waals surface area contributed by atoms with Gasteiger partial charge in [0.05, 0.1) is 30.9 Å². The van der Waals surface area contributed by atoms with E-state index in [4.69, 9.17) is 19.9 Å². The molecular formula is C16H23NO4. The number of ether oxygens (including phenoxy) is 3. The van der Waals surface area contributed by atoms with Gasteiger partial charge in [-0.2, -0.15) is 0 Å². The zero-order valence-corrected chi connectivity index (χ0v) is 12.6. The first-order chi connectivity index (χ1) is 10.0. The lowest BCUT2D eigenvalue weighted by Crippen LogP contribution is -2.35. The number of esters is 1. The molecule has 1 aromatic carbocycles. The van der Waals surface area contributed by atoms with Crippen LogP contribution in [-0.4, -0.2) is 30.9 Å². The maximum absolute atomic E-state index is 11.8. The van der Waals surface area contributed by atoms with E-state index in [1.807, 2.05) is 26.0 Å². The van der Waals surface area contributed by atoms with Gasteiger partial charge in [0.2, 0.25) is 0 Å². The molecule has 1 heterocycles. The summed E-state index contributed by atoms with van der Waals surface area (Å²) in [6.45, 7) is 4.26. The minimum atomic E-state index is -0.240. The maximum atomic E-state index is 11.8.